The van der Waals surface area contributed by atoms with E-state index in [1.54, 1.807) is 0 Å². The van der Waals surface area contributed by atoms with E-state index in [1.807, 2.05) is 22.7 Å². The summed E-state index contributed by atoms with van der Waals surface area (Å²) in [7, 11) is 0. The van der Waals surface area contributed by atoms with Crippen molar-refractivity contribution in [3.8, 4) is 33.4 Å². The van der Waals surface area contributed by atoms with Gasteiger partial charge in [0.15, 0.2) is 0 Å². The molecule has 0 aliphatic heterocycles. The third-order valence-electron chi connectivity index (χ3n) is 11.4. The molecule has 12 aromatic rings. The predicted molar refractivity (Wildman–Crippen MR) is 239 cm³/mol. The van der Waals surface area contributed by atoms with E-state index in [1.165, 1.54) is 117 Å². The molecule has 10 aromatic carbocycles. The van der Waals surface area contributed by atoms with Gasteiger partial charge in [0.1, 0.15) is 0 Å². The Bertz CT molecular complexity index is 3430. The van der Waals surface area contributed by atoms with Gasteiger partial charge in [-0.25, -0.2) is 0 Å². The molecule has 0 N–H and O–H groups in total. The Morgan fingerprint density at radius 2 is 0.741 bits per heavy atom. The molecular formula is C52H30S2. The molecule has 0 bridgehead atoms. The fraction of sp³-hybridized carbons (Fsp3) is 0. The van der Waals surface area contributed by atoms with Crippen molar-refractivity contribution >= 4 is 106 Å². The lowest BCUT2D eigenvalue weighted by Gasteiger charge is -2.18. The van der Waals surface area contributed by atoms with Gasteiger partial charge in [0.25, 0.3) is 0 Å². The molecule has 0 nitrogen and oxygen atoms in total. The van der Waals surface area contributed by atoms with Gasteiger partial charge in [0, 0.05) is 36.3 Å². The third kappa shape index (κ3) is 4.36. The molecule has 0 atom stereocenters. The van der Waals surface area contributed by atoms with Crippen LogP contribution in [0, 0.1) is 0 Å². The average Bonchev–Trinajstić information content (AvgIpc) is 3.81. The summed E-state index contributed by atoms with van der Waals surface area (Å²) in [6.07, 6.45) is 0. The van der Waals surface area contributed by atoms with Crippen LogP contribution in [-0.2, 0) is 0 Å². The molecule has 0 unspecified atom stereocenters. The van der Waals surface area contributed by atoms with Crippen LogP contribution >= 0.6 is 22.7 Å². The van der Waals surface area contributed by atoms with Crippen molar-refractivity contribution in [1.82, 2.24) is 0 Å². The molecule has 12 rings (SSSR count). The Labute approximate surface area is 319 Å². The lowest BCUT2D eigenvalue weighted by Crippen LogP contribution is -1.91. The first-order chi connectivity index (χ1) is 26.8. The second-order valence-electron chi connectivity index (χ2n) is 14.3. The molecule has 54 heavy (non-hydrogen) atoms. The van der Waals surface area contributed by atoms with E-state index in [9.17, 15) is 0 Å². The Kier molecular flexibility index (Phi) is 6.48. The highest BCUT2D eigenvalue weighted by Gasteiger charge is 2.19. The number of rotatable bonds is 3. The highest BCUT2D eigenvalue weighted by atomic mass is 32.1. The van der Waals surface area contributed by atoms with Gasteiger partial charge in [-0.1, -0.05) is 158 Å². The van der Waals surface area contributed by atoms with E-state index >= 15 is 0 Å². The summed E-state index contributed by atoms with van der Waals surface area (Å²) in [5.41, 5.74) is 7.61. The zero-order valence-electron chi connectivity index (χ0n) is 29.1. The maximum Gasteiger partial charge on any atom is 0.0534 e. The smallest absolute Gasteiger partial charge is 0.0534 e. The second-order valence-corrected chi connectivity index (χ2v) is 16.4. The standard InChI is InChI=1S/C52H30S2/c1-2-12-31(13-3-1)48-38-16-5-7-18-40(38)49(41-19-8-6-17-39(41)48)35-25-23-32-28-34(24-22-33(32)29-35)45-30-46-44-27-26-43-37-15-10-11-21-47(37)53-51(43)52(44)54-50(46)42-20-9-4-14-36(42)45/h1-30H. The summed E-state index contributed by atoms with van der Waals surface area (Å²) in [5, 5.41) is 15.7. The molecule has 2 heteroatoms. The van der Waals surface area contributed by atoms with Gasteiger partial charge in [-0.2, -0.15) is 0 Å². The molecule has 0 aliphatic rings. The van der Waals surface area contributed by atoms with Crippen molar-refractivity contribution in [2.45, 2.75) is 0 Å². The molecule has 0 amide bonds. The molecule has 2 aromatic heterocycles. The summed E-state index contributed by atoms with van der Waals surface area (Å²) in [6.45, 7) is 0. The van der Waals surface area contributed by atoms with E-state index in [2.05, 4.69) is 182 Å². The van der Waals surface area contributed by atoms with Crippen LogP contribution in [-0.4, -0.2) is 0 Å². The van der Waals surface area contributed by atoms with Crippen LogP contribution in [0.2, 0.25) is 0 Å². The number of thiophene rings is 2. The van der Waals surface area contributed by atoms with Crippen LogP contribution in [0.4, 0.5) is 0 Å². The SMILES string of the molecule is c1ccc(-c2c3ccccc3c(-c3ccc4cc(-c5cc6c7ccc8c9ccccc9sc8c7sc6c6ccccc56)ccc4c3)c3ccccc23)cc1. The van der Waals surface area contributed by atoms with Crippen LogP contribution < -0.4 is 0 Å². The lowest BCUT2D eigenvalue weighted by atomic mass is 9.85. The van der Waals surface area contributed by atoms with E-state index < -0.39 is 0 Å². The van der Waals surface area contributed by atoms with Gasteiger partial charge in [-0.3, -0.25) is 0 Å². The Balaban J connectivity index is 1.04. The third-order valence-corrected chi connectivity index (χ3v) is 14.0. The van der Waals surface area contributed by atoms with Crippen molar-refractivity contribution in [2.24, 2.45) is 0 Å². The molecule has 0 spiro atoms. The number of fused-ring (bicyclic) bond motifs is 12. The summed E-state index contributed by atoms with van der Waals surface area (Å²) >= 11 is 3.88. The van der Waals surface area contributed by atoms with Crippen LogP contribution in [0.5, 0.6) is 0 Å². The van der Waals surface area contributed by atoms with Gasteiger partial charge < -0.3 is 0 Å². The van der Waals surface area contributed by atoms with Crippen LogP contribution in [0.3, 0.4) is 0 Å². The summed E-state index contributed by atoms with van der Waals surface area (Å²) in [5.74, 6) is 0. The number of benzene rings is 10. The zero-order valence-corrected chi connectivity index (χ0v) is 30.8. The monoisotopic (exact) mass is 718 g/mol. The normalized spacial score (nSPS) is 12.1. The van der Waals surface area contributed by atoms with E-state index in [-0.39, 0.29) is 0 Å². The van der Waals surface area contributed by atoms with Crippen LogP contribution in [0.1, 0.15) is 0 Å². The quantitative estimate of drug-likeness (QED) is 0.160. The molecular weight excluding hydrogens is 689 g/mol. The number of hydrogen-bond acceptors (Lipinski definition) is 2. The highest BCUT2D eigenvalue weighted by Crippen LogP contribution is 2.49. The topological polar surface area (TPSA) is 0 Å². The largest absolute Gasteiger partial charge is 0.134 e. The van der Waals surface area contributed by atoms with Gasteiger partial charge in [0.2, 0.25) is 0 Å². The first kappa shape index (κ1) is 30.2. The van der Waals surface area contributed by atoms with Crippen molar-refractivity contribution in [3.05, 3.63) is 182 Å². The fourth-order valence-corrected chi connectivity index (χ4v) is 11.7. The Morgan fingerprint density at radius 1 is 0.259 bits per heavy atom. The molecule has 250 valence electrons. The minimum Gasteiger partial charge on any atom is -0.134 e. The van der Waals surface area contributed by atoms with E-state index in [0.29, 0.717) is 0 Å². The maximum atomic E-state index is 2.46. The lowest BCUT2D eigenvalue weighted by molar-refractivity contribution is 1.66. The van der Waals surface area contributed by atoms with E-state index in [0.717, 1.165) is 0 Å². The molecule has 0 saturated carbocycles. The number of hydrogen-bond donors (Lipinski definition) is 0. The second kappa shape index (κ2) is 11.6. The van der Waals surface area contributed by atoms with Crippen LogP contribution in [0.25, 0.3) is 117 Å². The average molecular weight is 719 g/mol. The molecule has 2 heterocycles. The predicted octanol–water partition coefficient (Wildman–Crippen LogP) is 16.0. The Hall–Kier alpha value is -6.32. The van der Waals surface area contributed by atoms with Crippen LogP contribution in [0.15, 0.2) is 182 Å². The van der Waals surface area contributed by atoms with Gasteiger partial charge in [0.05, 0.1) is 9.40 Å². The summed E-state index contributed by atoms with van der Waals surface area (Å²) in [4.78, 5) is 0. The van der Waals surface area contributed by atoms with Gasteiger partial charge >= 0.3 is 0 Å². The van der Waals surface area contributed by atoms with Crippen molar-refractivity contribution in [2.75, 3.05) is 0 Å². The fourth-order valence-electron chi connectivity index (χ4n) is 9.00. The molecule has 0 radical (unpaired) electrons. The first-order valence-electron chi connectivity index (χ1n) is 18.5. The Morgan fingerprint density at radius 3 is 1.43 bits per heavy atom. The van der Waals surface area contributed by atoms with Crippen molar-refractivity contribution < 1.29 is 0 Å². The highest BCUT2D eigenvalue weighted by molar-refractivity contribution is 7.34. The van der Waals surface area contributed by atoms with Crippen molar-refractivity contribution in [1.29, 1.82) is 0 Å². The van der Waals surface area contributed by atoms with Crippen molar-refractivity contribution in [3.63, 3.8) is 0 Å². The first-order valence-corrected chi connectivity index (χ1v) is 20.1. The zero-order chi connectivity index (χ0) is 35.3. The molecule has 0 aliphatic carbocycles. The summed E-state index contributed by atoms with van der Waals surface area (Å²) < 4.78 is 5.52. The molecule has 0 fully saturated rings. The minimum absolute atomic E-state index is 1.24. The maximum absolute atomic E-state index is 2.46. The van der Waals surface area contributed by atoms with Gasteiger partial charge in [-0.15, -0.1) is 22.7 Å². The molecule has 0 saturated heterocycles. The van der Waals surface area contributed by atoms with E-state index in [4.69, 9.17) is 0 Å². The minimum atomic E-state index is 1.24. The van der Waals surface area contributed by atoms with Gasteiger partial charge in [-0.05, 0) is 95.3 Å². The summed E-state index contributed by atoms with van der Waals surface area (Å²) in [6, 6.07) is 67.7.